The first kappa shape index (κ1) is 9.12. The van der Waals surface area contributed by atoms with Crippen molar-refractivity contribution in [3.05, 3.63) is 0 Å². The van der Waals surface area contributed by atoms with Crippen LogP contribution in [-0.4, -0.2) is 30.1 Å². The average molecular weight is 186 g/mol. The Morgan fingerprint density at radius 2 is 1.92 bits per heavy atom. The van der Waals surface area contributed by atoms with Gasteiger partial charge in [-0.2, -0.15) is 0 Å². The van der Waals surface area contributed by atoms with Crippen LogP contribution < -0.4 is 0 Å². The molecule has 4 nitrogen and oxygen atoms in total. The van der Waals surface area contributed by atoms with Crippen LogP contribution in [0.15, 0.2) is 0 Å². The van der Waals surface area contributed by atoms with Gasteiger partial charge in [-0.1, -0.05) is 0 Å². The van der Waals surface area contributed by atoms with Crippen LogP contribution in [0, 0.1) is 0 Å². The van der Waals surface area contributed by atoms with Gasteiger partial charge in [0.25, 0.3) is 0 Å². The number of aldehydes is 1. The van der Waals surface area contributed by atoms with Crippen molar-refractivity contribution >= 4 is 6.29 Å². The summed E-state index contributed by atoms with van der Waals surface area (Å²) in [6, 6.07) is 0. The molecule has 2 aliphatic rings. The molecule has 0 saturated carbocycles. The molecule has 2 unspecified atom stereocenters. The number of rotatable bonds is 1. The summed E-state index contributed by atoms with van der Waals surface area (Å²) in [5.74, 6) is -0.584. The first-order valence-corrected chi connectivity index (χ1v) is 4.44. The molecule has 4 heteroatoms. The molecule has 2 saturated heterocycles. The Morgan fingerprint density at radius 3 is 2.46 bits per heavy atom. The van der Waals surface area contributed by atoms with Crippen LogP contribution in [0.5, 0.6) is 0 Å². The standard InChI is InChI=1S/C9H14O4/c1-8(2)11-6-4-9(3,5-10)13-7(6)12-8/h5-7H,4H2,1-3H3/t6?,7-,9?/m1/s1. The molecule has 0 bridgehead atoms. The molecule has 0 N–H and O–H groups in total. The van der Waals surface area contributed by atoms with Gasteiger partial charge >= 0.3 is 0 Å². The van der Waals surface area contributed by atoms with Gasteiger partial charge in [0.2, 0.25) is 0 Å². The predicted molar refractivity (Wildman–Crippen MR) is 44.0 cm³/mol. The maximum Gasteiger partial charge on any atom is 0.188 e. The van der Waals surface area contributed by atoms with Crippen LogP contribution in [0.2, 0.25) is 0 Å². The smallest absolute Gasteiger partial charge is 0.188 e. The second-order valence-corrected chi connectivity index (χ2v) is 4.29. The van der Waals surface area contributed by atoms with Crippen molar-refractivity contribution < 1.29 is 19.0 Å². The predicted octanol–water partition coefficient (Wildman–Crippen LogP) is 0.842. The van der Waals surface area contributed by atoms with E-state index in [4.69, 9.17) is 14.2 Å². The lowest BCUT2D eigenvalue weighted by molar-refractivity contribution is -0.217. The summed E-state index contributed by atoms with van der Waals surface area (Å²) in [6.45, 7) is 5.43. The van der Waals surface area contributed by atoms with Crippen LogP contribution in [0.25, 0.3) is 0 Å². The molecule has 13 heavy (non-hydrogen) atoms. The molecular formula is C9H14O4. The molecule has 0 spiro atoms. The molecule has 0 radical (unpaired) electrons. The molecule has 2 heterocycles. The molecule has 0 aromatic rings. The summed E-state index contributed by atoms with van der Waals surface area (Å²) >= 11 is 0. The van der Waals surface area contributed by atoms with Gasteiger partial charge in [0.05, 0.1) is 0 Å². The summed E-state index contributed by atoms with van der Waals surface area (Å²) in [6.07, 6.45) is 0.894. The Kier molecular flexibility index (Phi) is 1.77. The fraction of sp³-hybridized carbons (Fsp3) is 0.889. The van der Waals surface area contributed by atoms with Crippen LogP contribution in [-0.2, 0) is 19.0 Å². The lowest BCUT2D eigenvalue weighted by atomic mass is 10.0. The van der Waals surface area contributed by atoms with Gasteiger partial charge in [-0.25, -0.2) is 0 Å². The minimum absolute atomic E-state index is 0.106. The van der Waals surface area contributed by atoms with Gasteiger partial charge in [-0.15, -0.1) is 0 Å². The summed E-state index contributed by atoms with van der Waals surface area (Å²) in [5, 5.41) is 0. The van der Waals surface area contributed by atoms with Gasteiger partial charge < -0.3 is 19.0 Å². The van der Waals surface area contributed by atoms with E-state index in [-0.39, 0.29) is 12.4 Å². The summed E-state index contributed by atoms with van der Waals surface area (Å²) in [5.41, 5.74) is -0.730. The van der Waals surface area contributed by atoms with E-state index in [1.54, 1.807) is 6.92 Å². The molecule has 0 aliphatic carbocycles. The molecule has 0 amide bonds. The summed E-state index contributed by atoms with van der Waals surface area (Å²) in [4.78, 5) is 10.7. The van der Waals surface area contributed by atoms with Gasteiger partial charge in [-0.3, -0.25) is 0 Å². The maximum absolute atomic E-state index is 10.7. The normalized spacial score (nSPS) is 47.6. The molecule has 0 aromatic carbocycles. The quantitative estimate of drug-likeness (QED) is 0.569. The maximum atomic E-state index is 10.7. The van der Waals surface area contributed by atoms with E-state index in [0.29, 0.717) is 6.42 Å². The number of carbonyl (C=O) groups is 1. The molecule has 2 rings (SSSR count). The minimum Gasteiger partial charge on any atom is -0.342 e. The first-order chi connectivity index (χ1) is 5.94. The van der Waals surface area contributed by atoms with E-state index in [9.17, 15) is 4.79 Å². The number of carbonyl (C=O) groups excluding carboxylic acids is 1. The zero-order valence-corrected chi connectivity index (χ0v) is 8.07. The number of fused-ring (bicyclic) bond motifs is 1. The highest BCUT2D eigenvalue weighted by atomic mass is 16.8. The number of hydrogen-bond acceptors (Lipinski definition) is 4. The molecule has 3 atom stereocenters. The molecule has 0 aromatic heterocycles. The van der Waals surface area contributed by atoms with Crippen molar-refractivity contribution in [2.45, 2.75) is 51.0 Å². The fourth-order valence-corrected chi connectivity index (χ4v) is 1.83. The largest absolute Gasteiger partial charge is 0.342 e. The Morgan fingerprint density at radius 1 is 1.23 bits per heavy atom. The highest BCUT2D eigenvalue weighted by Crippen LogP contribution is 2.40. The monoisotopic (exact) mass is 186 g/mol. The highest BCUT2D eigenvalue weighted by Gasteiger charge is 2.53. The minimum atomic E-state index is -0.730. The van der Waals surface area contributed by atoms with Crippen molar-refractivity contribution in [3.8, 4) is 0 Å². The van der Waals surface area contributed by atoms with E-state index >= 15 is 0 Å². The van der Waals surface area contributed by atoms with Crippen LogP contribution in [0.1, 0.15) is 27.2 Å². The second-order valence-electron chi connectivity index (χ2n) is 4.29. The Hall–Kier alpha value is -0.450. The zero-order chi connectivity index (χ0) is 9.69. The van der Waals surface area contributed by atoms with E-state index < -0.39 is 11.4 Å². The lowest BCUT2D eigenvalue weighted by Gasteiger charge is -2.22. The van der Waals surface area contributed by atoms with E-state index in [2.05, 4.69) is 0 Å². The topological polar surface area (TPSA) is 44.8 Å². The molecular weight excluding hydrogens is 172 g/mol. The molecule has 2 aliphatic heterocycles. The number of ether oxygens (including phenoxy) is 3. The van der Waals surface area contributed by atoms with Crippen molar-refractivity contribution in [1.29, 1.82) is 0 Å². The third kappa shape index (κ3) is 1.49. The van der Waals surface area contributed by atoms with Gasteiger partial charge in [0.1, 0.15) is 11.7 Å². The highest BCUT2D eigenvalue weighted by molar-refractivity contribution is 5.62. The SMILES string of the molecule is CC1(C=O)CC2OC(C)(C)O[C@@H]2O1. The van der Waals surface area contributed by atoms with Crippen LogP contribution in [0.4, 0.5) is 0 Å². The van der Waals surface area contributed by atoms with E-state index in [1.165, 1.54) is 0 Å². The fourth-order valence-electron chi connectivity index (χ4n) is 1.83. The Bertz CT molecular complexity index is 220. The molecule has 74 valence electrons. The van der Waals surface area contributed by atoms with E-state index in [0.717, 1.165) is 6.29 Å². The zero-order valence-electron chi connectivity index (χ0n) is 8.07. The Labute approximate surface area is 77.1 Å². The first-order valence-electron chi connectivity index (χ1n) is 4.44. The second kappa shape index (κ2) is 2.53. The van der Waals surface area contributed by atoms with Gasteiger partial charge in [0, 0.05) is 6.42 Å². The Balaban J connectivity index is 2.09. The van der Waals surface area contributed by atoms with Crippen LogP contribution >= 0.6 is 0 Å². The van der Waals surface area contributed by atoms with Crippen LogP contribution in [0.3, 0.4) is 0 Å². The third-order valence-electron chi connectivity index (χ3n) is 2.38. The lowest BCUT2D eigenvalue weighted by Crippen LogP contribution is -2.31. The number of hydrogen-bond donors (Lipinski definition) is 0. The van der Waals surface area contributed by atoms with Gasteiger partial charge in [0.15, 0.2) is 18.4 Å². The molecule has 2 fully saturated rings. The van der Waals surface area contributed by atoms with Crippen molar-refractivity contribution in [2.75, 3.05) is 0 Å². The van der Waals surface area contributed by atoms with Crippen molar-refractivity contribution in [2.24, 2.45) is 0 Å². The van der Waals surface area contributed by atoms with E-state index in [1.807, 2.05) is 13.8 Å². The summed E-state index contributed by atoms with van der Waals surface area (Å²) in [7, 11) is 0. The van der Waals surface area contributed by atoms with Crippen molar-refractivity contribution in [3.63, 3.8) is 0 Å². The summed E-state index contributed by atoms with van der Waals surface area (Å²) < 4.78 is 16.5. The average Bonchev–Trinajstić information content (AvgIpc) is 2.38. The van der Waals surface area contributed by atoms with Crippen molar-refractivity contribution in [1.82, 2.24) is 0 Å². The third-order valence-corrected chi connectivity index (χ3v) is 2.38. The van der Waals surface area contributed by atoms with Gasteiger partial charge in [-0.05, 0) is 20.8 Å².